The summed E-state index contributed by atoms with van der Waals surface area (Å²) >= 11 is 0. The highest BCUT2D eigenvalue weighted by Gasteiger charge is 2.41. The van der Waals surface area contributed by atoms with Gasteiger partial charge in [-0.15, -0.1) is 0 Å². The van der Waals surface area contributed by atoms with Gasteiger partial charge in [-0.25, -0.2) is 4.79 Å². The van der Waals surface area contributed by atoms with Crippen LogP contribution >= 0.6 is 0 Å². The van der Waals surface area contributed by atoms with Crippen LogP contribution in [0.2, 0.25) is 0 Å². The van der Waals surface area contributed by atoms with Gasteiger partial charge in [0, 0.05) is 37.3 Å². The summed E-state index contributed by atoms with van der Waals surface area (Å²) in [6, 6.07) is 25.3. The molecule has 0 saturated carbocycles. The van der Waals surface area contributed by atoms with E-state index in [1.54, 1.807) is 86.3 Å². The van der Waals surface area contributed by atoms with Crippen molar-refractivity contribution in [2.45, 2.75) is 139 Å². The Bertz CT molecular complexity index is 2480. The molecule has 0 aromatic heterocycles. The first-order valence-corrected chi connectivity index (χ1v) is 26.4. The first kappa shape index (κ1) is 53.2. The molecule has 4 aromatic carbocycles. The number of hydrogen-bond donors (Lipinski definition) is 8. The molecular formula is C57H72N10O7. The lowest BCUT2D eigenvalue weighted by Crippen LogP contribution is -2.56. The van der Waals surface area contributed by atoms with E-state index in [4.69, 9.17) is 0 Å². The van der Waals surface area contributed by atoms with Gasteiger partial charge in [0.05, 0.1) is 24.2 Å². The van der Waals surface area contributed by atoms with E-state index in [0.29, 0.717) is 50.1 Å². The molecular weight excluding hydrogens is 937 g/mol. The summed E-state index contributed by atoms with van der Waals surface area (Å²) in [5.74, 6) is -1.71. The Hall–Kier alpha value is -7.11. The lowest BCUT2D eigenvalue weighted by molar-refractivity contribution is -0.141. The van der Waals surface area contributed by atoms with Crippen molar-refractivity contribution in [1.29, 1.82) is 0 Å². The zero-order valence-electron chi connectivity index (χ0n) is 43.0. The molecule has 0 bridgehead atoms. The fourth-order valence-corrected chi connectivity index (χ4v) is 10.8. The van der Waals surface area contributed by atoms with Crippen molar-refractivity contribution < 1.29 is 33.6 Å². The van der Waals surface area contributed by atoms with Gasteiger partial charge in [-0.1, -0.05) is 72.8 Å². The van der Waals surface area contributed by atoms with Gasteiger partial charge in [0.25, 0.3) is 0 Å². The molecule has 392 valence electrons. The zero-order valence-corrected chi connectivity index (χ0v) is 43.0. The predicted molar refractivity (Wildman–Crippen MR) is 284 cm³/mol. The molecule has 8 rings (SSSR count). The van der Waals surface area contributed by atoms with E-state index in [0.717, 1.165) is 60.8 Å². The predicted octanol–water partition coefficient (Wildman–Crippen LogP) is 4.97. The third-order valence-electron chi connectivity index (χ3n) is 15.2. The normalized spacial score (nSPS) is 20.6. The van der Waals surface area contributed by atoms with Gasteiger partial charge >= 0.3 is 6.03 Å². The third-order valence-corrected chi connectivity index (χ3v) is 15.2. The van der Waals surface area contributed by atoms with E-state index in [2.05, 4.69) is 66.8 Å². The molecule has 0 radical (unpaired) electrons. The van der Waals surface area contributed by atoms with Crippen molar-refractivity contribution in [2.24, 2.45) is 0 Å². The first-order chi connectivity index (χ1) is 35.8. The van der Waals surface area contributed by atoms with Crippen LogP contribution in [-0.4, -0.2) is 115 Å². The van der Waals surface area contributed by atoms with Gasteiger partial charge in [-0.05, 0) is 150 Å². The van der Waals surface area contributed by atoms with Gasteiger partial charge in [-0.3, -0.25) is 28.8 Å². The number of benzene rings is 4. The molecule has 2 fully saturated rings. The molecule has 2 saturated heterocycles. The molecule has 2 heterocycles. The zero-order chi connectivity index (χ0) is 52.3. The van der Waals surface area contributed by atoms with Crippen LogP contribution in [0.15, 0.2) is 97.1 Å². The second-order valence-electron chi connectivity index (χ2n) is 20.2. The number of rotatable bonds is 18. The number of urea groups is 1. The molecule has 8 atom stereocenters. The minimum atomic E-state index is -0.942. The average molecular weight is 1010 g/mol. The SMILES string of the molecule is CN[C@@H](C)C(=O)NC(Cc1ccc(NC(=O)Nc2ccc(C[C@H](NC(=O)[C@H](C)NC)C(=O)N3CCC[C@H]3C(=O)N[C@@H]3CCCc4ccccc43)cc2)cc1)C(=O)N1CCC[C@H]1C(=O)N[C@@H]1CCCc2ccccc21. The smallest absolute Gasteiger partial charge is 0.323 e. The highest BCUT2D eigenvalue weighted by molar-refractivity contribution is 6.00. The maximum absolute atomic E-state index is 14.3. The van der Waals surface area contributed by atoms with Gasteiger partial charge in [0.2, 0.25) is 35.4 Å². The van der Waals surface area contributed by atoms with E-state index in [1.807, 2.05) is 24.3 Å². The molecule has 17 nitrogen and oxygen atoms in total. The number of nitrogens with zero attached hydrogens (tertiary/aromatic N) is 2. The van der Waals surface area contributed by atoms with Gasteiger partial charge in [-0.2, -0.15) is 0 Å². The maximum atomic E-state index is 14.3. The van der Waals surface area contributed by atoms with Crippen molar-refractivity contribution >= 4 is 52.8 Å². The Balaban J connectivity index is 0.872. The van der Waals surface area contributed by atoms with Gasteiger partial charge < -0.3 is 52.3 Å². The summed E-state index contributed by atoms with van der Waals surface area (Å²) < 4.78 is 0. The monoisotopic (exact) mass is 1010 g/mol. The highest BCUT2D eigenvalue weighted by atomic mass is 16.2. The average Bonchev–Trinajstić information content (AvgIpc) is 4.13. The Morgan fingerprint density at radius 2 is 0.905 bits per heavy atom. The summed E-state index contributed by atoms with van der Waals surface area (Å²) in [6.07, 6.45) is 8.26. The van der Waals surface area contributed by atoms with Gasteiger partial charge in [0.15, 0.2) is 0 Å². The van der Waals surface area contributed by atoms with E-state index < -0.39 is 42.3 Å². The number of likely N-dealkylation sites (tertiary alicyclic amines) is 2. The number of hydrogen-bond acceptors (Lipinski definition) is 9. The number of aryl methyl sites for hydroxylation is 2. The van der Waals surface area contributed by atoms with Crippen molar-refractivity contribution in [1.82, 2.24) is 41.7 Å². The Kier molecular flexibility index (Phi) is 17.8. The fourth-order valence-electron chi connectivity index (χ4n) is 10.8. The molecule has 2 aliphatic carbocycles. The minimum absolute atomic E-state index is 0.120. The topological polar surface area (TPSA) is 222 Å². The lowest BCUT2D eigenvalue weighted by Gasteiger charge is -2.32. The quantitative estimate of drug-likeness (QED) is 0.0674. The lowest BCUT2D eigenvalue weighted by atomic mass is 9.87. The van der Waals surface area contributed by atoms with Crippen molar-refractivity contribution in [3.8, 4) is 0 Å². The number of fused-ring (bicyclic) bond motifs is 2. The summed E-state index contributed by atoms with van der Waals surface area (Å²) in [7, 11) is 3.34. The van der Waals surface area contributed by atoms with Crippen LogP contribution in [0.25, 0.3) is 0 Å². The van der Waals surface area contributed by atoms with Crippen LogP contribution in [0.3, 0.4) is 0 Å². The molecule has 74 heavy (non-hydrogen) atoms. The van der Waals surface area contributed by atoms with Crippen LogP contribution in [0.5, 0.6) is 0 Å². The maximum Gasteiger partial charge on any atom is 0.323 e. The molecule has 8 amide bonds. The molecule has 17 heteroatoms. The largest absolute Gasteiger partial charge is 0.347 e. The standard InChI is InChI=1S/C57H72N10O7/c1-35(58-3)51(68)64-47(55(72)66-31-11-21-49(66)53(70)62-45-19-9-15-39-13-5-7-17-43(39)45)33-37-23-27-41(28-24-37)60-57(74)61-42-29-25-38(26-30-42)34-48(65-52(69)36(2)59-4)56(73)67-32-12-22-50(67)54(71)63-46-20-10-16-40-14-6-8-18-44(40)46/h5-8,13-14,17-18,23-30,35-36,45-50,58-59H,9-12,15-16,19-22,31-34H2,1-4H3,(H,62,70)(H,63,71)(H,64,68)(H,65,69)(H2,60,61,74)/t35-,36-,45+,46+,47-,48?,49-,50-/m0/s1. The number of likely N-dealkylation sites (N-methyl/N-ethyl adjacent to an activating group) is 2. The summed E-state index contributed by atoms with van der Waals surface area (Å²) in [4.78, 5) is 99.2. The molecule has 2 aliphatic heterocycles. The number of carbonyl (C=O) groups is 7. The minimum Gasteiger partial charge on any atom is -0.347 e. The van der Waals surface area contributed by atoms with Crippen LogP contribution < -0.4 is 42.5 Å². The molecule has 4 aliphatic rings. The summed E-state index contributed by atoms with van der Waals surface area (Å²) in [5.41, 5.74) is 7.17. The highest BCUT2D eigenvalue weighted by Crippen LogP contribution is 2.32. The van der Waals surface area contributed by atoms with Crippen LogP contribution in [0.1, 0.15) is 111 Å². The first-order valence-electron chi connectivity index (χ1n) is 26.4. The second kappa shape index (κ2) is 24.7. The van der Waals surface area contributed by atoms with E-state index in [9.17, 15) is 33.6 Å². The van der Waals surface area contributed by atoms with Crippen LogP contribution in [-0.2, 0) is 54.5 Å². The number of carbonyl (C=O) groups excluding carboxylic acids is 7. The Morgan fingerprint density at radius 3 is 1.30 bits per heavy atom. The van der Waals surface area contributed by atoms with Crippen molar-refractivity contribution in [3.05, 3.63) is 130 Å². The van der Waals surface area contributed by atoms with Crippen molar-refractivity contribution in [2.75, 3.05) is 37.8 Å². The fraction of sp³-hybridized carbons (Fsp3) is 0.456. The van der Waals surface area contributed by atoms with Crippen molar-refractivity contribution in [3.63, 3.8) is 0 Å². The Labute approximate surface area is 434 Å². The molecule has 0 spiro atoms. The molecule has 8 N–H and O–H groups in total. The molecule has 1 unspecified atom stereocenters. The van der Waals surface area contributed by atoms with Crippen LogP contribution in [0, 0.1) is 0 Å². The van der Waals surface area contributed by atoms with Crippen LogP contribution in [0.4, 0.5) is 16.2 Å². The summed E-state index contributed by atoms with van der Waals surface area (Å²) in [6.45, 7) is 4.23. The second-order valence-corrected chi connectivity index (χ2v) is 20.2. The van der Waals surface area contributed by atoms with E-state index in [-0.39, 0.29) is 60.4 Å². The molecule has 4 aromatic rings. The van der Waals surface area contributed by atoms with E-state index >= 15 is 0 Å². The van der Waals surface area contributed by atoms with E-state index in [1.165, 1.54) is 11.1 Å². The van der Waals surface area contributed by atoms with Gasteiger partial charge in [0.1, 0.15) is 24.2 Å². The third kappa shape index (κ3) is 13.0. The summed E-state index contributed by atoms with van der Waals surface area (Å²) in [5, 5.41) is 23.9. The number of amides is 8. The number of anilines is 2. The number of nitrogens with one attached hydrogen (secondary N) is 8. The Morgan fingerprint density at radius 1 is 0.514 bits per heavy atom.